The molecule has 6 heteroatoms. The number of methoxy groups -OCH3 is 1. The van der Waals surface area contributed by atoms with E-state index in [-0.39, 0.29) is 0 Å². The van der Waals surface area contributed by atoms with Gasteiger partial charge < -0.3 is 14.8 Å². The molecule has 0 aliphatic carbocycles. The topological polar surface area (TPSA) is 30.5 Å². The first-order chi connectivity index (χ1) is 13.5. The summed E-state index contributed by atoms with van der Waals surface area (Å²) in [6.45, 7) is 1.86. The smallest absolute Gasteiger partial charge is 0.124 e. The van der Waals surface area contributed by atoms with Gasteiger partial charge in [0.05, 0.1) is 17.2 Å². The van der Waals surface area contributed by atoms with E-state index in [0.717, 1.165) is 33.6 Å². The zero-order valence-electron chi connectivity index (χ0n) is 15.3. The second-order valence-electron chi connectivity index (χ2n) is 6.24. The third-order valence-electron chi connectivity index (χ3n) is 4.20. The van der Waals surface area contributed by atoms with Crippen molar-refractivity contribution in [2.75, 3.05) is 7.11 Å². The Kier molecular flexibility index (Phi) is 7.63. The lowest BCUT2D eigenvalue weighted by atomic mass is 10.1. The maximum atomic E-state index is 6.08. The summed E-state index contributed by atoms with van der Waals surface area (Å²) in [6, 6.07) is 19.5. The lowest BCUT2D eigenvalue weighted by Crippen LogP contribution is -2.13. The number of benzene rings is 3. The maximum Gasteiger partial charge on any atom is 0.124 e. The van der Waals surface area contributed by atoms with Crippen molar-refractivity contribution in [2.24, 2.45) is 0 Å². The Morgan fingerprint density at radius 2 is 1.61 bits per heavy atom. The average molecular weight is 481 g/mol. The largest absolute Gasteiger partial charge is 0.497 e. The van der Waals surface area contributed by atoms with Crippen molar-refractivity contribution in [1.29, 1.82) is 0 Å². The molecule has 0 amide bonds. The van der Waals surface area contributed by atoms with Gasteiger partial charge in [0, 0.05) is 23.1 Å². The minimum absolute atomic E-state index is 0.421. The first kappa shape index (κ1) is 21.0. The molecule has 3 rings (SSSR count). The summed E-state index contributed by atoms with van der Waals surface area (Å²) in [4.78, 5) is 0. The van der Waals surface area contributed by atoms with E-state index in [1.54, 1.807) is 13.2 Å². The molecule has 0 aliphatic rings. The molecule has 0 fully saturated rings. The van der Waals surface area contributed by atoms with E-state index in [0.29, 0.717) is 23.2 Å². The minimum atomic E-state index is 0.421. The molecule has 0 aliphatic heterocycles. The Morgan fingerprint density at radius 3 is 2.32 bits per heavy atom. The highest BCUT2D eigenvalue weighted by molar-refractivity contribution is 9.10. The van der Waals surface area contributed by atoms with Crippen LogP contribution < -0.4 is 14.8 Å². The van der Waals surface area contributed by atoms with Crippen LogP contribution in [-0.4, -0.2) is 7.11 Å². The molecule has 3 aromatic rings. The van der Waals surface area contributed by atoms with Gasteiger partial charge in [-0.2, -0.15) is 0 Å². The first-order valence-electron chi connectivity index (χ1n) is 8.74. The van der Waals surface area contributed by atoms with E-state index in [4.69, 9.17) is 32.7 Å². The molecule has 0 spiro atoms. The van der Waals surface area contributed by atoms with Gasteiger partial charge in [-0.15, -0.1) is 0 Å². The minimum Gasteiger partial charge on any atom is -0.497 e. The van der Waals surface area contributed by atoms with Crippen LogP contribution in [0.3, 0.4) is 0 Å². The molecule has 0 aromatic heterocycles. The van der Waals surface area contributed by atoms with Gasteiger partial charge in [-0.05, 0) is 53.6 Å². The summed E-state index contributed by atoms with van der Waals surface area (Å²) in [5.74, 6) is 1.69. The number of halogens is 3. The summed E-state index contributed by atoms with van der Waals surface area (Å²) in [6.07, 6.45) is 0. The monoisotopic (exact) mass is 479 g/mol. The van der Waals surface area contributed by atoms with Gasteiger partial charge in [-0.3, -0.25) is 0 Å². The highest BCUT2D eigenvalue weighted by Crippen LogP contribution is 2.26. The molecular formula is C22H20BrCl2NO2. The van der Waals surface area contributed by atoms with Crippen LogP contribution in [0.2, 0.25) is 10.0 Å². The quantitative estimate of drug-likeness (QED) is 0.392. The molecule has 3 aromatic carbocycles. The maximum absolute atomic E-state index is 6.08. The zero-order chi connectivity index (χ0) is 19.9. The first-order valence-corrected chi connectivity index (χ1v) is 10.3. The average Bonchev–Trinajstić information content (AvgIpc) is 2.70. The van der Waals surface area contributed by atoms with E-state index >= 15 is 0 Å². The lowest BCUT2D eigenvalue weighted by molar-refractivity contribution is 0.302. The predicted molar refractivity (Wildman–Crippen MR) is 118 cm³/mol. The molecule has 0 heterocycles. The van der Waals surface area contributed by atoms with E-state index in [1.807, 2.05) is 36.4 Å². The van der Waals surface area contributed by atoms with Crippen LogP contribution >= 0.6 is 39.1 Å². The number of rotatable bonds is 8. The molecule has 0 radical (unpaired) electrons. The summed E-state index contributed by atoms with van der Waals surface area (Å²) in [5, 5.41) is 4.52. The van der Waals surface area contributed by atoms with E-state index in [1.165, 1.54) is 5.56 Å². The second kappa shape index (κ2) is 10.2. The number of nitrogens with one attached hydrogen (secondary N) is 1. The number of hydrogen-bond donors (Lipinski definition) is 1. The van der Waals surface area contributed by atoms with Crippen LogP contribution in [-0.2, 0) is 19.7 Å². The van der Waals surface area contributed by atoms with Crippen molar-refractivity contribution in [3.05, 3.63) is 91.9 Å². The Bertz CT molecular complexity index is 932. The molecule has 3 nitrogen and oxygen atoms in total. The highest BCUT2D eigenvalue weighted by atomic mass is 79.9. The van der Waals surface area contributed by atoms with Gasteiger partial charge in [-0.25, -0.2) is 0 Å². The molecule has 0 bridgehead atoms. The molecule has 0 unspecified atom stereocenters. The molecule has 0 atom stereocenters. The lowest BCUT2D eigenvalue weighted by Gasteiger charge is -2.13. The van der Waals surface area contributed by atoms with Crippen molar-refractivity contribution < 1.29 is 9.47 Å². The van der Waals surface area contributed by atoms with Crippen molar-refractivity contribution in [3.63, 3.8) is 0 Å². The SMILES string of the molecule is COc1ccc(CNCc2cc(Br)ccc2OCc2ccc(Cl)c(Cl)c2)cc1. The van der Waals surface area contributed by atoms with Crippen LogP contribution in [0.15, 0.2) is 65.1 Å². The van der Waals surface area contributed by atoms with Crippen molar-refractivity contribution in [3.8, 4) is 11.5 Å². The normalized spacial score (nSPS) is 10.7. The fourth-order valence-electron chi connectivity index (χ4n) is 2.70. The van der Waals surface area contributed by atoms with Gasteiger partial charge in [0.2, 0.25) is 0 Å². The fraction of sp³-hybridized carbons (Fsp3) is 0.182. The van der Waals surface area contributed by atoms with Gasteiger partial charge in [0.15, 0.2) is 0 Å². The van der Waals surface area contributed by atoms with Gasteiger partial charge in [-0.1, -0.05) is 57.3 Å². The fourth-order valence-corrected chi connectivity index (χ4v) is 3.43. The predicted octanol–water partition coefficient (Wildman–Crippen LogP) is 6.63. The van der Waals surface area contributed by atoms with Crippen molar-refractivity contribution in [2.45, 2.75) is 19.7 Å². The van der Waals surface area contributed by atoms with Crippen LogP contribution in [0.25, 0.3) is 0 Å². The van der Waals surface area contributed by atoms with Crippen molar-refractivity contribution >= 4 is 39.1 Å². The molecule has 28 heavy (non-hydrogen) atoms. The summed E-state index contributed by atoms with van der Waals surface area (Å²) < 4.78 is 12.2. The van der Waals surface area contributed by atoms with Crippen LogP contribution in [0.4, 0.5) is 0 Å². The van der Waals surface area contributed by atoms with Crippen LogP contribution in [0, 0.1) is 0 Å². The van der Waals surface area contributed by atoms with Gasteiger partial charge in [0.25, 0.3) is 0 Å². The third kappa shape index (κ3) is 5.89. The Hall–Kier alpha value is -1.72. The Balaban J connectivity index is 1.62. The van der Waals surface area contributed by atoms with Crippen molar-refractivity contribution in [1.82, 2.24) is 5.32 Å². The highest BCUT2D eigenvalue weighted by Gasteiger charge is 2.07. The van der Waals surface area contributed by atoms with E-state index in [9.17, 15) is 0 Å². The van der Waals surface area contributed by atoms with E-state index < -0.39 is 0 Å². The van der Waals surface area contributed by atoms with Crippen LogP contribution in [0.1, 0.15) is 16.7 Å². The van der Waals surface area contributed by atoms with Gasteiger partial charge in [0.1, 0.15) is 18.1 Å². The standard InChI is InChI=1S/C22H20BrCl2NO2/c1-27-19-6-2-15(3-7-19)12-26-13-17-11-18(23)5-9-22(17)28-14-16-4-8-20(24)21(25)10-16/h2-11,26H,12-14H2,1H3. The Labute approximate surface area is 183 Å². The summed E-state index contributed by atoms with van der Waals surface area (Å²) in [7, 11) is 1.67. The molecular weight excluding hydrogens is 461 g/mol. The van der Waals surface area contributed by atoms with Crippen LogP contribution in [0.5, 0.6) is 11.5 Å². The number of hydrogen-bond acceptors (Lipinski definition) is 3. The van der Waals surface area contributed by atoms with Gasteiger partial charge >= 0.3 is 0 Å². The second-order valence-corrected chi connectivity index (χ2v) is 7.97. The zero-order valence-corrected chi connectivity index (χ0v) is 18.4. The van der Waals surface area contributed by atoms with E-state index in [2.05, 4.69) is 39.4 Å². The summed E-state index contributed by atoms with van der Waals surface area (Å²) in [5.41, 5.74) is 3.23. The Morgan fingerprint density at radius 1 is 0.857 bits per heavy atom. The molecule has 1 N–H and O–H groups in total. The molecule has 0 saturated carbocycles. The molecule has 146 valence electrons. The summed E-state index contributed by atoms with van der Waals surface area (Å²) >= 11 is 15.6. The third-order valence-corrected chi connectivity index (χ3v) is 5.44. The molecule has 0 saturated heterocycles. The number of ether oxygens (including phenoxy) is 2.